The van der Waals surface area contributed by atoms with E-state index in [2.05, 4.69) is 19.2 Å². The van der Waals surface area contributed by atoms with Gasteiger partial charge in [-0.05, 0) is 42.9 Å². The van der Waals surface area contributed by atoms with Crippen LogP contribution in [0.2, 0.25) is 0 Å². The minimum atomic E-state index is -0.984. The Bertz CT molecular complexity index is 567. The highest BCUT2D eigenvalue weighted by atomic mass is 16.4. The van der Waals surface area contributed by atoms with Crippen LogP contribution in [-0.2, 0) is 0 Å². The van der Waals surface area contributed by atoms with Gasteiger partial charge in [-0.3, -0.25) is 0 Å². The quantitative estimate of drug-likeness (QED) is 0.877. The second-order valence-electron chi connectivity index (χ2n) is 6.45. The molecule has 1 aromatic carbocycles. The molecule has 0 aromatic heterocycles. The van der Waals surface area contributed by atoms with E-state index in [-0.39, 0.29) is 17.0 Å². The van der Waals surface area contributed by atoms with Crippen LogP contribution >= 0.6 is 0 Å². The highest BCUT2D eigenvalue weighted by Gasteiger charge is 2.29. The number of hydrogen-bond acceptors (Lipinski definition) is 2. The topological polar surface area (TPSA) is 69.6 Å². The fourth-order valence-corrected chi connectivity index (χ4v) is 2.73. The highest BCUT2D eigenvalue weighted by molar-refractivity contribution is 5.94. The fourth-order valence-electron chi connectivity index (χ4n) is 2.73. The molecule has 21 heavy (non-hydrogen) atoms. The predicted molar refractivity (Wildman–Crippen MR) is 81.7 cm³/mol. The molecule has 0 spiro atoms. The summed E-state index contributed by atoms with van der Waals surface area (Å²) in [5.74, 6) is -0.984. The number of nitrogens with one attached hydrogen (secondary N) is 1. The van der Waals surface area contributed by atoms with E-state index < -0.39 is 5.97 Å². The summed E-state index contributed by atoms with van der Waals surface area (Å²) in [5.41, 5.74) is 1.55. The van der Waals surface area contributed by atoms with Crippen molar-refractivity contribution in [2.24, 2.45) is 5.41 Å². The van der Waals surface area contributed by atoms with Gasteiger partial charge in [0.25, 0.3) is 0 Å². The molecule has 1 aliphatic rings. The number of benzene rings is 1. The summed E-state index contributed by atoms with van der Waals surface area (Å²) < 4.78 is 0. The van der Waals surface area contributed by atoms with Crippen molar-refractivity contribution >= 4 is 17.7 Å². The number of rotatable bonds is 2. The number of anilines is 1. The van der Waals surface area contributed by atoms with Crippen LogP contribution in [0.15, 0.2) is 18.2 Å². The first-order valence-corrected chi connectivity index (χ1v) is 7.18. The summed E-state index contributed by atoms with van der Waals surface area (Å²) in [6.45, 7) is 7.51. The van der Waals surface area contributed by atoms with E-state index in [9.17, 15) is 9.59 Å². The molecule has 1 fully saturated rings. The lowest BCUT2D eigenvalue weighted by molar-refractivity contribution is 0.0696. The molecule has 0 unspecified atom stereocenters. The Hall–Kier alpha value is -2.04. The molecule has 1 saturated heterocycles. The van der Waals surface area contributed by atoms with E-state index in [0.29, 0.717) is 11.3 Å². The maximum Gasteiger partial charge on any atom is 0.336 e. The lowest BCUT2D eigenvalue weighted by Crippen LogP contribution is -2.45. The Kier molecular flexibility index (Phi) is 4.21. The van der Waals surface area contributed by atoms with Crippen LogP contribution in [0.4, 0.5) is 10.5 Å². The van der Waals surface area contributed by atoms with Gasteiger partial charge in [-0.15, -0.1) is 0 Å². The molecule has 1 aromatic rings. The van der Waals surface area contributed by atoms with Crippen molar-refractivity contribution in [3.8, 4) is 0 Å². The molecule has 2 amide bonds. The number of urea groups is 1. The largest absolute Gasteiger partial charge is 0.478 e. The maximum atomic E-state index is 12.3. The molecule has 0 bridgehead atoms. The van der Waals surface area contributed by atoms with Crippen molar-refractivity contribution in [1.29, 1.82) is 0 Å². The van der Waals surface area contributed by atoms with Gasteiger partial charge in [0.15, 0.2) is 0 Å². The van der Waals surface area contributed by atoms with Gasteiger partial charge >= 0.3 is 12.0 Å². The van der Waals surface area contributed by atoms with Crippen molar-refractivity contribution in [3.05, 3.63) is 29.3 Å². The number of likely N-dealkylation sites (tertiary alicyclic amines) is 1. The Morgan fingerprint density at radius 1 is 1.33 bits per heavy atom. The number of piperidine rings is 1. The zero-order valence-electron chi connectivity index (χ0n) is 12.8. The molecule has 114 valence electrons. The molecule has 0 atom stereocenters. The first-order valence-electron chi connectivity index (χ1n) is 7.18. The molecule has 5 nitrogen and oxygen atoms in total. The Balaban J connectivity index is 2.09. The first kappa shape index (κ1) is 15.4. The minimum absolute atomic E-state index is 0.134. The highest BCUT2D eigenvalue weighted by Crippen LogP contribution is 2.28. The van der Waals surface area contributed by atoms with E-state index in [1.807, 2.05) is 0 Å². The van der Waals surface area contributed by atoms with E-state index in [4.69, 9.17) is 5.11 Å². The second kappa shape index (κ2) is 5.76. The molecule has 2 rings (SSSR count). The number of nitrogens with zero attached hydrogens (tertiary/aromatic N) is 1. The molecule has 0 saturated carbocycles. The van der Waals surface area contributed by atoms with Gasteiger partial charge in [-0.1, -0.05) is 19.9 Å². The zero-order valence-corrected chi connectivity index (χ0v) is 12.8. The molecule has 0 radical (unpaired) electrons. The fraction of sp³-hybridized carbons (Fsp3) is 0.500. The monoisotopic (exact) mass is 290 g/mol. The van der Waals surface area contributed by atoms with Crippen LogP contribution in [0.25, 0.3) is 0 Å². The average Bonchev–Trinajstić information content (AvgIpc) is 2.39. The van der Waals surface area contributed by atoms with Crippen molar-refractivity contribution in [2.45, 2.75) is 33.6 Å². The SMILES string of the molecule is Cc1ccc(NC(=O)N2CCCC(C)(C)C2)cc1C(=O)O. The number of carbonyl (C=O) groups is 2. The van der Waals surface area contributed by atoms with Crippen LogP contribution in [0.5, 0.6) is 0 Å². The van der Waals surface area contributed by atoms with Crippen molar-refractivity contribution in [2.75, 3.05) is 18.4 Å². The van der Waals surface area contributed by atoms with Crippen LogP contribution in [0, 0.1) is 12.3 Å². The van der Waals surface area contributed by atoms with Crippen LogP contribution < -0.4 is 5.32 Å². The van der Waals surface area contributed by atoms with E-state index in [1.54, 1.807) is 24.0 Å². The van der Waals surface area contributed by atoms with Crippen molar-refractivity contribution in [1.82, 2.24) is 4.90 Å². The van der Waals surface area contributed by atoms with Gasteiger partial charge in [0.05, 0.1) is 5.56 Å². The summed E-state index contributed by atoms with van der Waals surface area (Å²) in [6, 6.07) is 4.78. The van der Waals surface area contributed by atoms with Crippen molar-refractivity contribution < 1.29 is 14.7 Å². The van der Waals surface area contributed by atoms with E-state index in [1.165, 1.54) is 6.07 Å². The average molecular weight is 290 g/mol. The van der Waals surface area contributed by atoms with Crippen LogP contribution in [-0.4, -0.2) is 35.1 Å². The minimum Gasteiger partial charge on any atom is -0.478 e. The lowest BCUT2D eigenvalue weighted by atomic mass is 9.84. The number of aromatic carboxylic acids is 1. The number of aryl methyl sites for hydroxylation is 1. The third-order valence-electron chi connectivity index (χ3n) is 3.91. The number of carboxylic acid groups (broad SMARTS) is 1. The summed E-state index contributed by atoms with van der Waals surface area (Å²) in [4.78, 5) is 25.2. The number of carbonyl (C=O) groups excluding carboxylic acids is 1. The molecule has 1 heterocycles. The Morgan fingerprint density at radius 3 is 2.67 bits per heavy atom. The van der Waals surface area contributed by atoms with Gasteiger partial charge in [0.1, 0.15) is 0 Å². The third kappa shape index (κ3) is 3.74. The summed E-state index contributed by atoms with van der Waals surface area (Å²) in [6.07, 6.45) is 2.11. The van der Waals surface area contributed by atoms with Crippen LogP contribution in [0.1, 0.15) is 42.6 Å². The molecule has 0 aliphatic carbocycles. The summed E-state index contributed by atoms with van der Waals surface area (Å²) >= 11 is 0. The molecule has 2 N–H and O–H groups in total. The van der Waals surface area contributed by atoms with E-state index in [0.717, 1.165) is 25.9 Å². The normalized spacial score (nSPS) is 17.4. The molecule has 5 heteroatoms. The van der Waals surface area contributed by atoms with Gasteiger partial charge < -0.3 is 15.3 Å². The Labute approximate surface area is 125 Å². The summed E-state index contributed by atoms with van der Waals surface area (Å²) in [7, 11) is 0. The number of carboxylic acids is 1. The first-order chi connectivity index (χ1) is 9.78. The third-order valence-corrected chi connectivity index (χ3v) is 3.91. The number of amides is 2. The van der Waals surface area contributed by atoms with Gasteiger partial charge in [-0.2, -0.15) is 0 Å². The van der Waals surface area contributed by atoms with E-state index >= 15 is 0 Å². The molecular formula is C16H22N2O3. The van der Waals surface area contributed by atoms with Gasteiger partial charge in [-0.25, -0.2) is 9.59 Å². The van der Waals surface area contributed by atoms with Crippen molar-refractivity contribution in [3.63, 3.8) is 0 Å². The second-order valence-corrected chi connectivity index (χ2v) is 6.45. The maximum absolute atomic E-state index is 12.3. The van der Waals surface area contributed by atoms with Crippen LogP contribution in [0.3, 0.4) is 0 Å². The number of hydrogen-bond donors (Lipinski definition) is 2. The van der Waals surface area contributed by atoms with Gasteiger partial charge in [0, 0.05) is 18.8 Å². The molecular weight excluding hydrogens is 268 g/mol. The standard InChI is InChI=1S/C16H22N2O3/c1-11-5-6-12(9-13(11)14(19)20)17-15(21)18-8-4-7-16(2,3)10-18/h5-6,9H,4,7-8,10H2,1-3H3,(H,17,21)(H,19,20). The molecule has 1 aliphatic heterocycles. The smallest absolute Gasteiger partial charge is 0.336 e. The lowest BCUT2D eigenvalue weighted by Gasteiger charge is -2.37. The summed E-state index contributed by atoms with van der Waals surface area (Å²) in [5, 5.41) is 11.9. The predicted octanol–water partition coefficient (Wildman–Crippen LogP) is 3.35. The Morgan fingerprint density at radius 2 is 2.05 bits per heavy atom. The zero-order chi connectivity index (χ0) is 15.6. The van der Waals surface area contributed by atoms with Gasteiger partial charge in [0.2, 0.25) is 0 Å².